The quantitative estimate of drug-likeness (QED) is 0.898. The van der Waals surface area contributed by atoms with E-state index < -0.39 is 5.97 Å². The molecule has 1 saturated carbocycles. The molecule has 0 saturated heterocycles. The molecule has 2 aliphatic carbocycles. The lowest BCUT2D eigenvalue weighted by Crippen LogP contribution is -2.33. The van der Waals surface area contributed by atoms with E-state index in [0.717, 1.165) is 19.3 Å². The first-order valence-electron chi connectivity index (χ1n) is 7.79. The Labute approximate surface area is 124 Å². The third kappa shape index (κ3) is 3.09. The first-order chi connectivity index (χ1) is 10.1. The van der Waals surface area contributed by atoms with Gasteiger partial charge in [-0.3, -0.25) is 9.59 Å². The van der Waals surface area contributed by atoms with Crippen LogP contribution in [-0.2, 0) is 17.6 Å². The fourth-order valence-electron chi connectivity index (χ4n) is 3.48. The number of carbonyl (C=O) groups excluding carboxylic acids is 1. The number of hydrogen-bond donors (Lipinski definition) is 2. The van der Waals surface area contributed by atoms with Gasteiger partial charge in [0.1, 0.15) is 0 Å². The zero-order valence-electron chi connectivity index (χ0n) is 12.1. The number of carboxylic acid groups (broad SMARTS) is 1. The number of rotatable bonds is 3. The summed E-state index contributed by atoms with van der Waals surface area (Å²) in [7, 11) is 0. The highest BCUT2D eigenvalue weighted by molar-refractivity contribution is 5.94. The smallest absolute Gasteiger partial charge is 0.306 e. The van der Waals surface area contributed by atoms with Crippen molar-refractivity contribution in [2.75, 3.05) is 0 Å². The monoisotopic (exact) mass is 287 g/mol. The highest BCUT2D eigenvalue weighted by atomic mass is 16.4. The van der Waals surface area contributed by atoms with Crippen molar-refractivity contribution < 1.29 is 14.7 Å². The van der Waals surface area contributed by atoms with Crippen LogP contribution in [0.5, 0.6) is 0 Å². The summed E-state index contributed by atoms with van der Waals surface area (Å²) in [6.45, 7) is 0. The van der Waals surface area contributed by atoms with Crippen LogP contribution in [0.4, 0.5) is 0 Å². The number of nitrogens with one attached hydrogen (secondary N) is 1. The SMILES string of the molecule is O=C(N[C@H]1CC[C@@H](C(=O)O)C1)c1ccc2c(c1)CCCC2. The normalized spacial score (nSPS) is 24.4. The number of hydrogen-bond acceptors (Lipinski definition) is 2. The summed E-state index contributed by atoms with van der Waals surface area (Å²) in [6.07, 6.45) is 6.56. The van der Waals surface area contributed by atoms with Gasteiger partial charge >= 0.3 is 5.97 Å². The third-order valence-corrected chi connectivity index (χ3v) is 4.73. The number of benzene rings is 1. The van der Waals surface area contributed by atoms with Crippen LogP contribution in [0.25, 0.3) is 0 Å². The maximum absolute atomic E-state index is 12.3. The van der Waals surface area contributed by atoms with Crippen LogP contribution in [0.3, 0.4) is 0 Å². The Bertz CT molecular complexity index is 567. The minimum atomic E-state index is -0.750. The van der Waals surface area contributed by atoms with E-state index >= 15 is 0 Å². The molecule has 1 aromatic carbocycles. The van der Waals surface area contributed by atoms with Gasteiger partial charge in [0.15, 0.2) is 0 Å². The molecule has 4 nitrogen and oxygen atoms in total. The van der Waals surface area contributed by atoms with Gasteiger partial charge in [-0.1, -0.05) is 6.07 Å². The van der Waals surface area contributed by atoms with E-state index in [4.69, 9.17) is 5.11 Å². The molecule has 21 heavy (non-hydrogen) atoms. The number of carboxylic acids is 1. The predicted molar refractivity (Wildman–Crippen MR) is 79.3 cm³/mol. The molecule has 0 heterocycles. The molecule has 0 aliphatic heterocycles. The van der Waals surface area contributed by atoms with Crippen LogP contribution in [0.1, 0.15) is 53.6 Å². The number of carbonyl (C=O) groups is 2. The molecule has 0 radical (unpaired) electrons. The van der Waals surface area contributed by atoms with Crippen molar-refractivity contribution in [2.45, 2.75) is 51.0 Å². The Kier molecular flexibility index (Phi) is 3.95. The molecule has 2 aliphatic rings. The van der Waals surface area contributed by atoms with E-state index in [9.17, 15) is 9.59 Å². The van der Waals surface area contributed by atoms with Gasteiger partial charge in [-0.05, 0) is 68.2 Å². The van der Waals surface area contributed by atoms with Gasteiger partial charge in [-0.15, -0.1) is 0 Å². The van der Waals surface area contributed by atoms with Crippen LogP contribution in [0, 0.1) is 5.92 Å². The molecule has 0 bridgehead atoms. The van der Waals surface area contributed by atoms with E-state index in [0.29, 0.717) is 18.4 Å². The third-order valence-electron chi connectivity index (χ3n) is 4.73. The Morgan fingerprint density at radius 3 is 2.57 bits per heavy atom. The summed E-state index contributed by atoms with van der Waals surface area (Å²) in [5, 5.41) is 12.0. The van der Waals surface area contributed by atoms with Crippen molar-refractivity contribution >= 4 is 11.9 Å². The first kappa shape index (κ1) is 14.1. The fourth-order valence-corrected chi connectivity index (χ4v) is 3.48. The van der Waals surface area contributed by atoms with E-state index in [1.807, 2.05) is 12.1 Å². The predicted octanol–water partition coefficient (Wildman–Crippen LogP) is 2.55. The topological polar surface area (TPSA) is 66.4 Å². The Morgan fingerprint density at radius 1 is 1.10 bits per heavy atom. The van der Waals surface area contributed by atoms with E-state index in [2.05, 4.69) is 11.4 Å². The van der Waals surface area contributed by atoms with Gasteiger partial charge in [0.2, 0.25) is 0 Å². The molecular weight excluding hydrogens is 266 g/mol. The van der Waals surface area contributed by atoms with Gasteiger partial charge < -0.3 is 10.4 Å². The van der Waals surface area contributed by atoms with Crippen LogP contribution < -0.4 is 5.32 Å². The molecular formula is C17H21NO3. The van der Waals surface area contributed by atoms with Gasteiger partial charge in [0.05, 0.1) is 5.92 Å². The van der Waals surface area contributed by atoms with Crippen LogP contribution in [-0.4, -0.2) is 23.0 Å². The molecule has 2 N–H and O–H groups in total. The average molecular weight is 287 g/mol. The van der Waals surface area contributed by atoms with Gasteiger partial charge in [0, 0.05) is 11.6 Å². The number of fused-ring (bicyclic) bond motifs is 1. The molecule has 1 aromatic rings. The molecule has 0 spiro atoms. The Morgan fingerprint density at radius 2 is 1.86 bits per heavy atom. The largest absolute Gasteiger partial charge is 0.481 e. The van der Waals surface area contributed by atoms with Gasteiger partial charge in [-0.25, -0.2) is 0 Å². The van der Waals surface area contributed by atoms with Crippen molar-refractivity contribution in [3.05, 3.63) is 34.9 Å². The van der Waals surface area contributed by atoms with Crippen LogP contribution in [0.15, 0.2) is 18.2 Å². The summed E-state index contributed by atoms with van der Waals surface area (Å²) in [4.78, 5) is 23.3. The van der Waals surface area contributed by atoms with Crippen molar-refractivity contribution in [3.63, 3.8) is 0 Å². The minimum Gasteiger partial charge on any atom is -0.481 e. The second-order valence-corrected chi connectivity index (χ2v) is 6.21. The number of aryl methyl sites for hydroxylation is 2. The van der Waals surface area contributed by atoms with Gasteiger partial charge in [-0.2, -0.15) is 0 Å². The molecule has 0 unspecified atom stereocenters. The summed E-state index contributed by atoms with van der Waals surface area (Å²) in [5.41, 5.74) is 3.36. The molecule has 0 aromatic heterocycles. The minimum absolute atomic E-state index is 0.00497. The average Bonchev–Trinajstić information content (AvgIpc) is 2.95. The second kappa shape index (κ2) is 5.88. The number of aliphatic carboxylic acids is 1. The highest BCUT2D eigenvalue weighted by Crippen LogP contribution is 2.26. The summed E-state index contributed by atoms with van der Waals surface area (Å²) in [6, 6.07) is 5.96. The lowest BCUT2D eigenvalue weighted by atomic mass is 9.90. The highest BCUT2D eigenvalue weighted by Gasteiger charge is 2.30. The molecule has 4 heteroatoms. The van der Waals surface area contributed by atoms with Crippen molar-refractivity contribution in [1.82, 2.24) is 5.32 Å². The van der Waals surface area contributed by atoms with E-state index in [-0.39, 0.29) is 17.9 Å². The molecule has 1 fully saturated rings. The Balaban J connectivity index is 1.65. The van der Waals surface area contributed by atoms with Crippen LogP contribution in [0.2, 0.25) is 0 Å². The lowest BCUT2D eigenvalue weighted by Gasteiger charge is -2.17. The summed E-state index contributed by atoms with van der Waals surface area (Å²) < 4.78 is 0. The summed E-state index contributed by atoms with van der Waals surface area (Å²) in [5.74, 6) is -1.13. The van der Waals surface area contributed by atoms with E-state index in [1.54, 1.807) is 0 Å². The zero-order chi connectivity index (χ0) is 14.8. The standard InChI is InChI=1S/C17H21NO3/c19-16(18-15-8-7-14(10-15)17(20)21)13-6-5-11-3-1-2-4-12(11)9-13/h5-6,9,14-15H,1-4,7-8,10H2,(H,18,19)(H,20,21)/t14-,15+/m1/s1. The number of amides is 1. The van der Waals surface area contributed by atoms with E-state index in [1.165, 1.54) is 24.0 Å². The maximum atomic E-state index is 12.3. The fraction of sp³-hybridized carbons (Fsp3) is 0.529. The second-order valence-electron chi connectivity index (χ2n) is 6.21. The van der Waals surface area contributed by atoms with Crippen molar-refractivity contribution in [1.29, 1.82) is 0 Å². The lowest BCUT2D eigenvalue weighted by molar-refractivity contribution is -0.141. The molecule has 112 valence electrons. The molecule has 2 atom stereocenters. The first-order valence-corrected chi connectivity index (χ1v) is 7.79. The van der Waals surface area contributed by atoms with Crippen molar-refractivity contribution in [2.24, 2.45) is 5.92 Å². The van der Waals surface area contributed by atoms with Crippen molar-refractivity contribution in [3.8, 4) is 0 Å². The zero-order valence-corrected chi connectivity index (χ0v) is 12.1. The maximum Gasteiger partial charge on any atom is 0.306 e. The molecule has 1 amide bonds. The van der Waals surface area contributed by atoms with Crippen LogP contribution >= 0.6 is 0 Å². The molecule has 3 rings (SSSR count). The Hall–Kier alpha value is -1.84. The van der Waals surface area contributed by atoms with Gasteiger partial charge in [0.25, 0.3) is 5.91 Å². The summed E-state index contributed by atoms with van der Waals surface area (Å²) >= 11 is 0.